The van der Waals surface area contributed by atoms with Gasteiger partial charge in [-0.15, -0.1) is 0 Å². The molecule has 1 aromatic heterocycles. The summed E-state index contributed by atoms with van der Waals surface area (Å²) in [4.78, 5) is 24.1. The van der Waals surface area contributed by atoms with E-state index in [9.17, 15) is 9.59 Å². The summed E-state index contributed by atoms with van der Waals surface area (Å²) in [6, 6.07) is 14.1. The van der Waals surface area contributed by atoms with Crippen molar-refractivity contribution >= 4 is 17.6 Å². The van der Waals surface area contributed by atoms with Crippen molar-refractivity contribution in [2.24, 2.45) is 0 Å². The predicted octanol–water partition coefficient (Wildman–Crippen LogP) is 3.69. The molecule has 0 radical (unpaired) electrons. The van der Waals surface area contributed by atoms with Crippen LogP contribution in [0.3, 0.4) is 0 Å². The van der Waals surface area contributed by atoms with Crippen LogP contribution in [0.4, 0.5) is 5.69 Å². The summed E-state index contributed by atoms with van der Waals surface area (Å²) in [5.41, 5.74) is 3.01. The Morgan fingerprint density at radius 3 is 2.60 bits per heavy atom. The highest BCUT2D eigenvalue weighted by atomic mass is 16.5. The monoisotopic (exact) mass is 336 g/mol. The number of aromatic nitrogens is 1. The van der Waals surface area contributed by atoms with E-state index >= 15 is 0 Å². The van der Waals surface area contributed by atoms with Crippen molar-refractivity contribution in [1.29, 1.82) is 0 Å². The van der Waals surface area contributed by atoms with Crippen LogP contribution in [0, 0.1) is 6.92 Å². The number of anilines is 1. The topological polar surface area (TPSA) is 81.4 Å². The zero-order valence-corrected chi connectivity index (χ0v) is 13.8. The molecule has 1 N–H and O–H groups in total. The van der Waals surface area contributed by atoms with Crippen LogP contribution in [0.15, 0.2) is 59.3 Å². The fourth-order valence-electron chi connectivity index (χ4n) is 2.35. The smallest absolute Gasteiger partial charge is 0.337 e. The van der Waals surface area contributed by atoms with Crippen LogP contribution in [-0.4, -0.2) is 24.1 Å². The molecular formula is C19H16N2O4. The lowest BCUT2D eigenvalue weighted by Gasteiger charge is -2.06. The largest absolute Gasteiger partial charge is 0.465 e. The summed E-state index contributed by atoms with van der Waals surface area (Å²) in [7, 11) is 1.30. The average Bonchev–Trinajstić information content (AvgIpc) is 3.12. The van der Waals surface area contributed by atoms with Crippen molar-refractivity contribution in [3.05, 3.63) is 71.4 Å². The molecule has 6 heteroatoms. The number of carbonyl (C=O) groups is 2. The van der Waals surface area contributed by atoms with E-state index in [1.807, 2.05) is 31.2 Å². The Bertz CT molecular complexity index is 913. The van der Waals surface area contributed by atoms with Crippen LogP contribution >= 0.6 is 0 Å². The minimum atomic E-state index is -0.471. The molecule has 1 amide bonds. The second-order valence-corrected chi connectivity index (χ2v) is 5.46. The number of rotatable bonds is 4. The Morgan fingerprint density at radius 1 is 1.12 bits per heavy atom. The zero-order chi connectivity index (χ0) is 17.8. The van der Waals surface area contributed by atoms with Crippen molar-refractivity contribution < 1.29 is 18.8 Å². The molecule has 0 saturated carbocycles. The van der Waals surface area contributed by atoms with Crippen LogP contribution in [0.1, 0.15) is 26.3 Å². The second kappa shape index (κ2) is 7.00. The molecule has 126 valence electrons. The number of nitrogens with zero attached hydrogens (tertiary/aromatic N) is 1. The average molecular weight is 336 g/mol. The van der Waals surface area contributed by atoms with Crippen LogP contribution in [0.5, 0.6) is 0 Å². The lowest BCUT2D eigenvalue weighted by atomic mass is 10.1. The summed E-state index contributed by atoms with van der Waals surface area (Å²) in [5.74, 6) is -0.457. The summed E-state index contributed by atoms with van der Waals surface area (Å²) >= 11 is 0. The lowest BCUT2D eigenvalue weighted by molar-refractivity contribution is 0.0600. The van der Waals surface area contributed by atoms with Gasteiger partial charge in [0.05, 0.1) is 18.9 Å². The molecule has 0 atom stereocenters. The Labute approximate surface area is 144 Å². The standard InChI is InChI=1S/C19H16N2O4/c1-12-6-8-13(9-7-12)17-16(11-20-25-17)18(22)21-15-5-3-4-14(10-15)19(23)24-2/h3-11H,1-2H3,(H,21,22). The van der Waals surface area contributed by atoms with Gasteiger partial charge in [0, 0.05) is 11.3 Å². The normalized spacial score (nSPS) is 10.3. The van der Waals surface area contributed by atoms with E-state index in [4.69, 9.17) is 4.52 Å². The minimum Gasteiger partial charge on any atom is -0.465 e. The molecule has 0 aliphatic rings. The van der Waals surface area contributed by atoms with Gasteiger partial charge in [-0.3, -0.25) is 4.79 Å². The van der Waals surface area contributed by atoms with Gasteiger partial charge in [-0.05, 0) is 25.1 Å². The molecule has 0 aliphatic heterocycles. The third-order valence-electron chi connectivity index (χ3n) is 3.67. The van der Waals surface area contributed by atoms with Gasteiger partial charge < -0.3 is 14.6 Å². The predicted molar refractivity (Wildman–Crippen MR) is 92.4 cm³/mol. The van der Waals surface area contributed by atoms with E-state index in [1.54, 1.807) is 24.3 Å². The van der Waals surface area contributed by atoms with E-state index in [0.717, 1.165) is 11.1 Å². The van der Waals surface area contributed by atoms with Gasteiger partial charge in [0.15, 0.2) is 5.76 Å². The molecule has 1 heterocycles. The van der Waals surface area contributed by atoms with Gasteiger partial charge >= 0.3 is 5.97 Å². The number of methoxy groups -OCH3 is 1. The molecule has 0 saturated heterocycles. The molecule has 3 rings (SSSR count). The number of benzene rings is 2. The molecule has 0 spiro atoms. The van der Waals surface area contributed by atoms with Gasteiger partial charge in [0.2, 0.25) is 0 Å². The van der Waals surface area contributed by atoms with Crippen LogP contribution < -0.4 is 5.32 Å². The van der Waals surface area contributed by atoms with Crippen LogP contribution in [0.2, 0.25) is 0 Å². The summed E-state index contributed by atoms with van der Waals surface area (Å²) in [6.07, 6.45) is 1.37. The van der Waals surface area contributed by atoms with Gasteiger partial charge in [0.25, 0.3) is 5.91 Å². The first kappa shape index (κ1) is 16.4. The zero-order valence-electron chi connectivity index (χ0n) is 13.8. The van der Waals surface area contributed by atoms with Gasteiger partial charge in [-0.1, -0.05) is 41.1 Å². The number of carbonyl (C=O) groups excluding carboxylic acids is 2. The molecular weight excluding hydrogens is 320 g/mol. The fourth-order valence-corrected chi connectivity index (χ4v) is 2.35. The van der Waals surface area contributed by atoms with Crippen molar-refractivity contribution in [2.75, 3.05) is 12.4 Å². The molecule has 0 fully saturated rings. The highest BCUT2D eigenvalue weighted by Gasteiger charge is 2.18. The van der Waals surface area contributed by atoms with Crippen LogP contribution in [0.25, 0.3) is 11.3 Å². The first-order valence-electron chi connectivity index (χ1n) is 7.60. The van der Waals surface area contributed by atoms with Crippen LogP contribution in [-0.2, 0) is 4.74 Å². The summed E-state index contributed by atoms with van der Waals surface area (Å²) in [6.45, 7) is 1.98. The highest BCUT2D eigenvalue weighted by molar-refractivity contribution is 6.08. The number of hydrogen-bond acceptors (Lipinski definition) is 5. The SMILES string of the molecule is COC(=O)c1cccc(NC(=O)c2cnoc2-c2ccc(C)cc2)c1. The third-order valence-corrected chi connectivity index (χ3v) is 3.67. The van der Waals surface area contributed by atoms with Crippen molar-refractivity contribution in [3.63, 3.8) is 0 Å². The first-order chi connectivity index (χ1) is 12.1. The van der Waals surface area contributed by atoms with E-state index in [0.29, 0.717) is 22.6 Å². The van der Waals surface area contributed by atoms with E-state index < -0.39 is 5.97 Å². The molecule has 3 aromatic rings. The maximum Gasteiger partial charge on any atom is 0.337 e. The number of aryl methyl sites for hydroxylation is 1. The van der Waals surface area contributed by atoms with Gasteiger partial charge in [0.1, 0.15) is 5.56 Å². The fraction of sp³-hybridized carbons (Fsp3) is 0.105. The Kier molecular flexibility index (Phi) is 4.61. The highest BCUT2D eigenvalue weighted by Crippen LogP contribution is 2.25. The van der Waals surface area contributed by atoms with Gasteiger partial charge in [-0.2, -0.15) is 0 Å². The Morgan fingerprint density at radius 2 is 1.88 bits per heavy atom. The van der Waals surface area contributed by atoms with E-state index in [1.165, 1.54) is 13.3 Å². The number of ether oxygens (including phenoxy) is 1. The quantitative estimate of drug-likeness (QED) is 0.735. The van der Waals surface area contributed by atoms with E-state index in [2.05, 4.69) is 15.2 Å². The molecule has 25 heavy (non-hydrogen) atoms. The summed E-state index contributed by atoms with van der Waals surface area (Å²) in [5, 5.41) is 6.47. The molecule has 6 nitrogen and oxygen atoms in total. The number of nitrogens with one attached hydrogen (secondary N) is 1. The number of esters is 1. The maximum absolute atomic E-state index is 12.6. The molecule has 0 unspecified atom stereocenters. The maximum atomic E-state index is 12.6. The first-order valence-corrected chi connectivity index (χ1v) is 7.60. The van der Waals surface area contributed by atoms with Crippen molar-refractivity contribution in [1.82, 2.24) is 5.16 Å². The van der Waals surface area contributed by atoms with E-state index in [-0.39, 0.29) is 5.91 Å². The number of amides is 1. The van der Waals surface area contributed by atoms with Crippen molar-refractivity contribution in [3.8, 4) is 11.3 Å². The molecule has 2 aromatic carbocycles. The summed E-state index contributed by atoms with van der Waals surface area (Å²) < 4.78 is 9.92. The molecule has 0 bridgehead atoms. The molecule has 0 aliphatic carbocycles. The Balaban J connectivity index is 1.84. The second-order valence-electron chi connectivity index (χ2n) is 5.46. The number of hydrogen-bond donors (Lipinski definition) is 1. The van der Waals surface area contributed by atoms with Crippen molar-refractivity contribution in [2.45, 2.75) is 6.92 Å². The van der Waals surface area contributed by atoms with Gasteiger partial charge in [-0.25, -0.2) is 4.79 Å². The third kappa shape index (κ3) is 3.58. The lowest BCUT2D eigenvalue weighted by Crippen LogP contribution is -2.12. The minimum absolute atomic E-state index is 0.312. The Hall–Kier alpha value is -3.41.